The highest BCUT2D eigenvalue weighted by molar-refractivity contribution is 8.15. The van der Waals surface area contributed by atoms with Gasteiger partial charge in [0.15, 0.2) is 0 Å². The van der Waals surface area contributed by atoms with Gasteiger partial charge in [-0.1, -0.05) is 66.4 Å². The number of thioether (sulfide) groups is 1. The summed E-state index contributed by atoms with van der Waals surface area (Å²) in [4.78, 5) is 37.6. The molecule has 2 N–H and O–H groups in total. The summed E-state index contributed by atoms with van der Waals surface area (Å²) in [7, 11) is 0. The van der Waals surface area contributed by atoms with Crippen LogP contribution in [0.2, 0.25) is 0 Å². The van der Waals surface area contributed by atoms with Gasteiger partial charge in [0.2, 0.25) is 5.91 Å². The van der Waals surface area contributed by atoms with E-state index in [0.717, 1.165) is 39.8 Å². The van der Waals surface area contributed by atoms with Crippen molar-refractivity contribution in [1.29, 1.82) is 0 Å². The van der Waals surface area contributed by atoms with Crippen LogP contribution in [0.4, 0.5) is 21.0 Å². The zero-order valence-corrected chi connectivity index (χ0v) is 18.4. The molecule has 1 unspecified atom stereocenters. The third-order valence-corrected chi connectivity index (χ3v) is 6.20. The lowest BCUT2D eigenvalue weighted by molar-refractivity contribution is -0.118. The van der Waals surface area contributed by atoms with Gasteiger partial charge in [-0.25, -0.2) is 4.79 Å². The lowest BCUT2D eigenvalue weighted by atomic mass is 10.0. The van der Waals surface area contributed by atoms with Crippen LogP contribution < -0.4 is 15.5 Å². The second kappa shape index (κ2) is 9.70. The highest BCUT2D eigenvalue weighted by Crippen LogP contribution is 2.27. The number of urea groups is 1. The molecule has 0 aromatic heterocycles. The van der Waals surface area contributed by atoms with E-state index in [4.69, 9.17) is 0 Å². The van der Waals surface area contributed by atoms with Crippen molar-refractivity contribution in [3.63, 3.8) is 0 Å². The third kappa shape index (κ3) is 5.00. The van der Waals surface area contributed by atoms with E-state index in [1.54, 1.807) is 4.90 Å². The van der Waals surface area contributed by atoms with Gasteiger partial charge in [0, 0.05) is 17.9 Å². The molecule has 0 bridgehead atoms. The summed E-state index contributed by atoms with van der Waals surface area (Å²) in [6, 6.07) is 25.0. The van der Waals surface area contributed by atoms with Gasteiger partial charge in [-0.3, -0.25) is 19.8 Å². The van der Waals surface area contributed by atoms with E-state index in [2.05, 4.69) is 10.6 Å². The van der Waals surface area contributed by atoms with Crippen LogP contribution in [0, 0.1) is 0 Å². The Morgan fingerprint density at radius 2 is 1.72 bits per heavy atom. The smallest absolute Gasteiger partial charge is 0.308 e. The number of hydrogen-bond donors (Lipinski definition) is 2. The number of para-hydroxylation sites is 1. The van der Waals surface area contributed by atoms with Crippen molar-refractivity contribution in [3.05, 3.63) is 84.4 Å². The molecule has 1 saturated heterocycles. The van der Waals surface area contributed by atoms with Crippen LogP contribution in [0.15, 0.2) is 78.9 Å². The normalized spacial score (nSPS) is 15.3. The predicted octanol–water partition coefficient (Wildman–Crippen LogP) is 5.31. The van der Waals surface area contributed by atoms with Crippen LogP contribution in [0.5, 0.6) is 0 Å². The maximum atomic E-state index is 12.8. The molecule has 32 heavy (non-hydrogen) atoms. The summed E-state index contributed by atoms with van der Waals surface area (Å²) in [5.41, 5.74) is 4.54. The van der Waals surface area contributed by atoms with Crippen molar-refractivity contribution in [1.82, 2.24) is 5.32 Å². The van der Waals surface area contributed by atoms with Crippen molar-refractivity contribution >= 4 is 40.3 Å². The van der Waals surface area contributed by atoms with E-state index in [1.807, 2.05) is 85.8 Å². The van der Waals surface area contributed by atoms with Crippen LogP contribution in [-0.4, -0.2) is 29.0 Å². The molecule has 0 saturated carbocycles. The molecule has 3 aromatic carbocycles. The second-order valence-electron chi connectivity index (χ2n) is 7.38. The molecular formula is C25H23N3O3S. The molecule has 6 nitrogen and oxygen atoms in total. The van der Waals surface area contributed by atoms with Crippen LogP contribution in [-0.2, 0) is 11.2 Å². The topological polar surface area (TPSA) is 78.5 Å². The van der Waals surface area contributed by atoms with Gasteiger partial charge < -0.3 is 5.32 Å². The molecule has 162 valence electrons. The van der Waals surface area contributed by atoms with E-state index in [9.17, 15) is 14.4 Å². The number of nitrogens with one attached hydrogen (secondary N) is 2. The number of hydrogen-bond acceptors (Lipinski definition) is 4. The van der Waals surface area contributed by atoms with E-state index >= 15 is 0 Å². The maximum Gasteiger partial charge on any atom is 0.326 e. The molecule has 7 heteroatoms. The Balaban J connectivity index is 1.48. The zero-order chi connectivity index (χ0) is 22.5. The molecule has 1 aliphatic rings. The van der Waals surface area contributed by atoms with Gasteiger partial charge in [0.1, 0.15) is 0 Å². The molecular weight excluding hydrogens is 422 g/mol. The number of amides is 4. The average molecular weight is 446 g/mol. The first kappa shape index (κ1) is 21.6. The quantitative estimate of drug-likeness (QED) is 0.539. The van der Waals surface area contributed by atoms with Crippen LogP contribution >= 0.6 is 11.8 Å². The Labute approximate surface area is 191 Å². The average Bonchev–Trinajstić information content (AvgIpc) is 3.12. The summed E-state index contributed by atoms with van der Waals surface area (Å²) < 4.78 is 0. The van der Waals surface area contributed by atoms with Gasteiger partial charge in [0.25, 0.3) is 5.24 Å². The molecule has 4 amide bonds. The highest BCUT2D eigenvalue weighted by Gasteiger charge is 2.31. The third-order valence-electron chi connectivity index (χ3n) is 5.22. The number of carbonyl (C=O) groups excluding carboxylic acids is 3. The fourth-order valence-corrected chi connectivity index (χ4v) is 4.44. The number of imide groups is 1. The van der Waals surface area contributed by atoms with Crippen LogP contribution in [0.25, 0.3) is 11.1 Å². The van der Waals surface area contributed by atoms with Crippen molar-refractivity contribution in [2.24, 2.45) is 0 Å². The van der Waals surface area contributed by atoms with Gasteiger partial charge in [-0.2, -0.15) is 0 Å². The number of benzene rings is 3. The van der Waals surface area contributed by atoms with Crippen molar-refractivity contribution in [2.75, 3.05) is 16.8 Å². The summed E-state index contributed by atoms with van der Waals surface area (Å²) in [6.45, 7) is 2.47. The molecule has 1 aliphatic heterocycles. The minimum Gasteiger partial charge on any atom is -0.308 e. The van der Waals surface area contributed by atoms with E-state index in [-0.39, 0.29) is 22.4 Å². The molecule has 1 atom stereocenters. The first-order chi connectivity index (χ1) is 15.5. The number of anilines is 2. The fraction of sp³-hybridized carbons (Fsp3) is 0.160. The molecule has 3 aromatic rings. The van der Waals surface area contributed by atoms with E-state index in [0.29, 0.717) is 13.0 Å². The Morgan fingerprint density at radius 1 is 0.969 bits per heavy atom. The minimum atomic E-state index is -0.377. The van der Waals surface area contributed by atoms with Crippen molar-refractivity contribution in [3.8, 4) is 11.1 Å². The van der Waals surface area contributed by atoms with E-state index < -0.39 is 0 Å². The highest BCUT2D eigenvalue weighted by atomic mass is 32.2. The summed E-state index contributed by atoms with van der Waals surface area (Å²) >= 11 is 1.04. The standard InChI is InChI=1S/C25H23N3O3S/c1-2-28(24(30)26-20-8-4-3-5-9-20)21-10-6-7-19(16-21)18-13-11-17(12-14-18)15-22-23(29)27-25(31)32-22/h3-14,16,22H,2,15H2,1H3,(H,26,30)(H,27,29,31). The second-order valence-corrected chi connectivity index (χ2v) is 8.55. The summed E-state index contributed by atoms with van der Waals surface area (Å²) in [5, 5.41) is 4.58. The minimum absolute atomic E-state index is 0.187. The van der Waals surface area contributed by atoms with Crippen molar-refractivity contribution in [2.45, 2.75) is 18.6 Å². The largest absolute Gasteiger partial charge is 0.326 e. The molecule has 1 heterocycles. The zero-order valence-electron chi connectivity index (χ0n) is 17.6. The first-order valence-electron chi connectivity index (χ1n) is 10.4. The summed E-state index contributed by atoms with van der Waals surface area (Å²) in [6.07, 6.45) is 0.506. The number of nitrogens with zero attached hydrogens (tertiary/aromatic N) is 1. The van der Waals surface area contributed by atoms with Crippen LogP contribution in [0.3, 0.4) is 0 Å². The van der Waals surface area contributed by atoms with Gasteiger partial charge in [-0.05, 0) is 54.3 Å². The fourth-order valence-electron chi connectivity index (χ4n) is 3.58. The predicted molar refractivity (Wildman–Crippen MR) is 129 cm³/mol. The SMILES string of the molecule is CCN(C(=O)Nc1ccccc1)c1cccc(-c2ccc(CC3SC(=O)NC3=O)cc2)c1. The Bertz CT molecular complexity index is 1130. The molecule has 0 radical (unpaired) electrons. The molecule has 1 fully saturated rings. The van der Waals surface area contributed by atoms with Crippen molar-refractivity contribution < 1.29 is 14.4 Å². The first-order valence-corrected chi connectivity index (χ1v) is 11.3. The lowest BCUT2D eigenvalue weighted by Gasteiger charge is -2.22. The van der Waals surface area contributed by atoms with Gasteiger partial charge in [-0.15, -0.1) is 0 Å². The number of rotatable bonds is 6. The lowest BCUT2D eigenvalue weighted by Crippen LogP contribution is -2.34. The monoisotopic (exact) mass is 445 g/mol. The Kier molecular flexibility index (Phi) is 6.56. The molecule has 0 spiro atoms. The van der Waals surface area contributed by atoms with Gasteiger partial charge >= 0.3 is 6.03 Å². The summed E-state index contributed by atoms with van der Waals surface area (Å²) in [5.74, 6) is -0.231. The van der Waals surface area contributed by atoms with Crippen LogP contribution in [0.1, 0.15) is 12.5 Å². The Hall–Kier alpha value is -3.58. The number of carbonyl (C=O) groups is 3. The Morgan fingerprint density at radius 3 is 2.38 bits per heavy atom. The maximum absolute atomic E-state index is 12.8. The van der Waals surface area contributed by atoms with E-state index in [1.165, 1.54) is 0 Å². The molecule has 0 aliphatic carbocycles. The van der Waals surface area contributed by atoms with Gasteiger partial charge in [0.05, 0.1) is 5.25 Å². The molecule has 4 rings (SSSR count).